The van der Waals surface area contributed by atoms with E-state index >= 15 is 0 Å². The lowest BCUT2D eigenvalue weighted by molar-refractivity contribution is -0.146. The van der Waals surface area contributed by atoms with Gasteiger partial charge in [-0.15, -0.1) is 0 Å². The Balaban J connectivity index is 1.96. The monoisotopic (exact) mass is 281 g/mol. The zero-order chi connectivity index (χ0) is 14.7. The lowest BCUT2D eigenvalue weighted by Gasteiger charge is -2.38. The Bertz CT molecular complexity index is 364. The van der Waals surface area contributed by atoms with E-state index in [0.717, 1.165) is 38.9 Å². The minimum atomic E-state index is -0.326. The van der Waals surface area contributed by atoms with Crippen molar-refractivity contribution in [3.63, 3.8) is 0 Å². The summed E-state index contributed by atoms with van der Waals surface area (Å²) in [5, 5.41) is 2.85. The van der Waals surface area contributed by atoms with Gasteiger partial charge in [-0.3, -0.25) is 9.59 Å². The summed E-state index contributed by atoms with van der Waals surface area (Å²) in [6, 6.07) is -0.326. The summed E-state index contributed by atoms with van der Waals surface area (Å²) in [5.41, 5.74) is 0. The van der Waals surface area contributed by atoms with Crippen molar-refractivity contribution in [2.75, 3.05) is 33.2 Å². The van der Waals surface area contributed by atoms with E-state index in [2.05, 4.69) is 24.2 Å². The second-order valence-corrected chi connectivity index (χ2v) is 6.40. The van der Waals surface area contributed by atoms with E-state index in [1.807, 2.05) is 6.92 Å². The molecule has 114 valence electrons. The SMILES string of the molecule is CCC(C)C1NC(=O)CN(CC2CCN(C)CC2)C1=O. The fourth-order valence-electron chi connectivity index (χ4n) is 3.06. The minimum absolute atomic E-state index is 0.0113. The highest BCUT2D eigenvalue weighted by molar-refractivity contribution is 5.95. The lowest BCUT2D eigenvalue weighted by Crippen LogP contribution is -2.61. The number of piperazine rings is 1. The number of nitrogens with zero attached hydrogens (tertiary/aromatic N) is 2. The maximum absolute atomic E-state index is 12.5. The highest BCUT2D eigenvalue weighted by atomic mass is 16.2. The molecule has 0 radical (unpaired) electrons. The zero-order valence-corrected chi connectivity index (χ0v) is 12.9. The first-order valence-corrected chi connectivity index (χ1v) is 7.78. The minimum Gasteiger partial charge on any atom is -0.342 e. The number of rotatable bonds is 4. The number of carbonyl (C=O) groups excluding carboxylic acids is 2. The number of hydrogen-bond acceptors (Lipinski definition) is 3. The van der Waals surface area contributed by atoms with Crippen LogP contribution in [0.15, 0.2) is 0 Å². The van der Waals surface area contributed by atoms with Crippen LogP contribution >= 0.6 is 0 Å². The number of likely N-dealkylation sites (tertiary alicyclic amines) is 1. The normalized spacial score (nSPS) is 27.6. The summed E-state index contributed by atoms with van der Waals surface area (Å²) < 4.78 is 0. The summed E-state index contributed by atoms with van der Waals surface area (Å²) in [4.78, 5) is 28.4. The topological polar surface area (TPSA) is 52.7 Å². The molecule has 20 heavy (non-hydrogen) atoms. The lowest BCUT2D eigenvalue weighted by atomic mass is 9.93. The summed E-state index contributed by atoms with van der Waals surface area (Å²) in [5.74, 6) is 0.839. The molecule has 0 aromatic carbocycles. The predicted octanol–water partition coefficient (Wildman–Crippen LogP) is 0.701. The number of carbonyl (C=O) groups is 2. The Hall–Kier alpha value is -1.10. The fraction of sp³-hybridized carbons (Fsp3) is 0.867. The molecule has 2 rings (SSSR count). The van der Waals surface area contributed by atoms with E-state index in [0.29, 0.717) is 5.92 Å². The van der Waals surface area contributed by atoms with Crippen molar-refractivity contribution in [3.8, 4) is 0 Å². The molecule has 2 unspecified atom stereocenters. The van der Waals surface area contributed by atoms with Crippen molar-refractivity contribution in [1.29, 1.82) is 0 Å². The van der Waals surface area contributed by atoms with Gasteiger partial charge in [0.25, 0.3) is 0 Å². The first kappa shape index (κ1) is 15.3. The largest absolute Gasteiger partial charge is 0.342 e. The molecule has 2 atom stereocenters. The van der Waals surface area contributed by atoms with Crippen LogP contribution in [0.4, 0.5) is 0 Å². The molecular formula is C15H27N3O2. The van der Waals surface area contributed by atoms with Gasteiger partial charge in [-0.25, -0.2) is 0 Å². The van der Waals surface area contributed by atoms with Crippen LogP contribution in [-0.2, 0) is 9.59 Å². The molecule has 2 heterocycles. The van der Waals surface area contributed by atoms with Crippen LogP contribution in [0.5, 0.6) is 0 Å². The van der Waals surface area contributed by atoms with Gasteiger partial charge in [0.15, 0.2) is 0 Å². The molecule has 0 aromatic rings. The van der Waals surface area contributed by atoms with Gasteiger partial charge in [-0.1, -0.05) is 20.3 Å². The van der Waals surface area contributed by atoms with Crippen molar-refractivity contribution >= 4 is 11.8 Å². The molecule has 0 aliphatic carbocycles. The Morgan fingerprint density at radius 1 is 1.30 bits per heavy atom. The highest BCUT2D eigenvalue weighted by Crippen LogP contribution is 2.20. The number of hydrogen-bond donors (Lipinski definition) is 1. The zero-order valence-electron chi connectivity index (χ0n) is 12.9. The third-order valence-corrected chi connectivity index (χ3v) is 4.76. The molecule has 1 N–H and O–H groups in total. The molecule has 2 aliphatic heterocycles. The van der Waals surface area contributed by atoms with Crippen LogP contribution in [0.2, 0.25) is 0 Å². The fourth-order valence-corrected chi connectivity index (χ4v) is 3.06. The van der Waals surface area contributed by atoms with Crippen LogP contribution in [-0.4, -0.2) is 60.9 Å². The Morgan fingerprint density at radius 3 is 2.55 bits per heavy atom. The molecule has 5 nitrogen and oxygen atoms in total. The molecule has 0 bridgehead atoms. The van der Waals surface area contributed by atoms with E-state index < -0.39 is 0 Å². The van der Waals surface area contributed by atoms with E-state index in [9.17, 15) is 9.59 Å². The van der Waals surface area contributed by atoms with Crippen molar-refractivity contribution in [1.82, 2.24) is 15.1 Å². The van der Waals surface area contributed by atoms with Crippen molar-refractivity contribution in [2.24, 2.45) is 11.8 Å². The second-order valence-electron chi connectivity index (χ2n) is 6.40. The molecule has 2 saturated heterocycles. The Morgan fingerprint density at radius 2 is 1.95 bits per heavy atom. The maximum Gasteiger partial charge on any atom is 0.245 e. The molecule has 2 aliphatic rings. The van der Waals surface area contributed by atoms with Crippen molar-refractivity contribution in [3.05, 3.63) is 0 Å². The van der Waals surface area contributed by atoms with Crippen LogP contribution in [0.25, 0.3) is 0 Å². The van der Waals surface area contributed by atoms with Gasteiger partial charge in [0.1, 0.15) is 6.04 Å². The van der Waals surface area contributed by atoms with Crippen LogP contribution in [0.1, 0.15) is 33.1 Å². The van der Waals surface area contributed by atoms with Gasteiger partial charge in [-0.05, 0) is 44.8 Å². The van der Waals surface area contributed by atoms with Crippen molar-refractivity contribution < 1.29 is 9.59 Å². The molecule has 0 spiro atoms. The van der Waals surface area contributed by atoms with Gasteiger partial charge < -0.3 is 15.1 Å². The standard InChI is InChI=1S/C15H27N3O2/c1-4-11(2)14-15(20)18(10-13(19)16-14)9-12-5-7-17(3)8-6-12/h11-12,14H,4-10H2,1-3H3,(H,16,19). The van der Waals surface area contributed by atoms with E-state index in [4.69, 9.17) is 0 Å². The van der Waals surface area contributed by atoms with Gasteiger partial charge in [0.05, 0.1) is 6.54 Å². The average Bonchev–Trinajstić information content (AvgIpc) is 2.44. The average molecular weight is 281 g/mol. The predicted molar refractivity (Wildman–Crippen MR) is 78.2 cm³/mol. The van der Waals surface area contributed by atoms with Gasteiger partial charge in [-0.2, -0.15) is 0 Å². The van der Waals surface area contributed by atoms with Gasteiger partial charge in [0.2, 0.25) is 11.8 Å². The third-order valence-electron chi connectivity index (χ3n) is 4.76. The van der Waals surface area contributed by atoms with Crippen LogP contribution in [0, 0.1) is 11.8 Å². The van der Waals surface area contributed by atoms with E-state index in [-0.39, 0.29) is 30.3 Å². The quantitative estimate of drug-likeness (QED) is 0.825. The maximum atomic E-state index is 12.5. The van der Waals surface area contributed by atoms with Crippen LogP contribution < -0.4 is 5.32 Å². The van der Waals surface area contributed by atoms with Gasteiger partial charge in [0, 0.05) is 6.54 Å². The summed E-state index contributed by atoms with van der Waals surface area (Å²) in [6.07, 6.45) is 3.14. The molecular weight excluding hydrogens is 254 g/mol. The first-order chi connectivity index (χ1) is 9.51. The number of piperidine rings is 1. The van der Waals surface area contributed by atoms with Crippen LogP contribution in [0.3, 0.4) is 0 Å². The number of amides is 2. The second kappa shape index (κ2) is 6.57. The summed E-state index contributed by atoms with van der Waals surface area (Å²) in [7, 11) is 2.13. The Labute approximate surface area is 121 Å². The third kappa shape index (κ3) is 3.51. The molecule has 0 aromatic heterocycles. The highest BCUT2D eigenvalue weighted by Gasteiger charge is 2.36. The van der Waals surface area contributed by atoms with Crippen molar-refractivity contribution in [2.45, 2.75) is 39.2 Å². The van der Waals surface area contributed by atoms with Gasteiger partial charge >= 0.3 is 0 Å². The molecule has 5 heteroatoms. The summed E-state index contributed by atoms with van der Waals surface area (Å²) in [6.45, 7) is 7.24. The van der Waals surface area contributed by atoms with E-state index in [1.54, 1.807) is 4.90 Å². The smallest absolute Gasteiger partial charge is 0.245 e. The Kier molecular flexibility index (Phi) is 5.02. The number of nitrogens with one attached hydrogen (secondary N) is 1. The first-order valence-electron chi connectivity index (χ1n) is 7.78. The molecule has 2 fully saturated rings. The summed E-state index contributed by atoms with van der Waals surface area (Å²) >= 11 is 0. The van der Waals surface area contributed by atoms with E-state index in [1.165, 1.54) is 0 Å². The molecule has 2 amide bonds. The molecule has 0 saturated carbocycles.